The molecule has 0 saturated carbocycles. The van der Waals surface area contributed by atoms with Crippen LogP contribution in [0.25, 0.3) is 10.4 Å². The molecule has 1 saturated heterocycles. The topological polar surface area (TPSA) is 71.4 Å². The molecule has 0 aliphatic carbocycles. The lowest BCUT2D eigenvalue weighted by Gasteiger charge is -2.54. The molecule has 0 amide bonds. The van der Waals surface area contributed by atoms with E-state index in [1.54, 1.807) is 0 Å². The fourth-order valence-corrected chi connectivity index (χ4v) is 14.8. The third-order valence-electron chi connectivity index (χ3n) is 7.65. The molecule has 1 N–H and O–H groups in total. The Hall–Kier alpha value is -1.44. The number of hydrogen-bond donors (Lipinski definition) is 1. The van der Waals surface area contributed by atoms with Crippen molar-refractivity contribution in [3.05, 3.63) is 46.8 Å². The van der Waals surface area contributed by atoms with Crippen LogP contribution in [0.15, 0.2) is 36.4 Å². The molecule has 1 aromatic carbocycles. The largest absolute Gasteiger partial charge is 0.481 e. The molecular weight excluding hydrogens is 469 g/mol. The van der Waals surface area contributed by atoms with Gasteiger partial charge in [0, 0.05) is 9.75 Å². The second-order valence-corrected chi connectivity index (χ2v) is 19.2. The van der Waals surface area contributed by atoms with Gasteiger partial charge in [0.15, 0.2) is 9.84 Å². The van der Waals surface area contributed by atoms with Gasteiger partial charge in [0.1, 0.15) is 4.75 Å². The second-order valence-electron chi connectivity index (χ2n) is 10.4. The Kier molecular flexibility index (Phi) is 7.66. The van der Waals surface area contributed by atoms with E-state index in [1.165, 1.54) is 16.9 Å². The van der Waals surface area contributed by atoms with Crippen molar-refractivity contribution in [2.24, 2.45) is 0 Å². The van der Waals surface area contributed by atoms with Gasteiger partial charge in [-0.15, -0.1) is 11.3 Å². The lowest BCUT2D eigenvalue weighted by atomic mass is 9.82. The smallest absolute Gasteiger partial charge is 0.308 e. The zero-order valence-electron chi connectivity index (χ0n) is 20.6. The fourth-order valence-electron chi connectivity index (χ4n) is 5.95. The SMILES string of the molecule is CCCCc1ccc(-c2ccc([C@@]3(C(CC)(C(=O)O)[Si](C)(C)C)CCCCS3(=O)=O)s2)cc1. The fraction of sp³-hybridized carbons (Fsp3) is 0.577. The normalized spacial score (nSPS) is 22.6. The summed E-state index contributed by atoms with van der Waals surface area (Å²) in [4.78, 5) is 14.7. The maximum atomic E-state index is 13.9. The van der Waals surface area contributed by atoms with E-state index in [4.69, 9.17) is 0 Å². The van der Waals surface area contributed by atoms with Crippen molar-refractivity contribution in [2.75, 3.05) is 5.75 Å². The maximum Gasteiger partial charge on any atom is 0.308 e. The van der Waals surface area contributed by atoms with Gasteiger partial charge in [0.25, 0.3) is 0 Å². The average Bonchev–Trinajstić information content (AvgIpc) is 3.23. The Bertz CT molecular complexity index is 1080. The number of carboxylic acid groups (broad SMARTS) is 1. The van der Waals surface area contributed by atoms with Crippen molar-refractivity contribution in [3.63, 3.8) is 0 Å². The Morgan fingerprint density at radius 3 is 2.27 bits per heavy atom. The van der Waals surface area contributed by atoms with Crippen LogP contribution in [0, 0.1) is 0 Å². The first kappa shape index (κ1) is 26.2. The molecule has 2 heterocycles. The van der Waals surface area contributed by atoms with Gasteiger partial charge in [-0.2, -0.15) is 0 Å². The van der Waals surface area contributed by atoms with Crippen LogP contribution in [0.1, 0.15) is 62.8 Å². The van der Waals surface area contributed by atoms with Gasteiger partial charge in [-0.1, -0.05) is 70.6 Å². The number of aliphatic carboxylic acids is 1. The maximum absolute atomic E-state index is 13.9. The Labute approximate surface area is 204 Å². The first-order valence-corrected chi connectivity index (χ1v) is 18.1. The number of carboxylic acids is 1. The Morgan fingerprint density at radius 2 is 1.76 bits per heavy atom. The highest BCUT2D eigenvalue weighted by molar-refractivity contribution is 7.92. The number of rotatable bonds is 9. The quantitative estimate of drug-likeness (QED) is 0.367. The van der Waals surface area contributed by atoms with Gasteiger partial charge in [-0.05, 0) is 55.4 Å². The highest BCUT2D eigenvalue weighted by Gasteiger charge is 2.69. The van der Waals surface area contributed by atoms with E-state index in [0.29, 0.717) is 24.1 Å². The predicted molar refractivity (Wildman–Crippen MR) is 142 cm³/mol. The van der Waals surface area contributed by atoms with Crippen LogP contribution in [0.3, 0.4) is 0 Å². The van der Waals surface area contributed by atoms with Gasteiger partial charge in [0.05, 0.1) is 18.9 Å². The molecule has 3 rings (SSSR count). The molecular formula is C26H38O4S2Si. The molecule has 182 valence electrons. The molecule has 7 heteroatoms. The lowest BCUT2D eigenvalue weighted by Crippen LogP contribution is -2.62. The summed E-state index contributed by atoms with van der Waals surface area (Å²) in [7, 11) is -6.15. The van der Waals surface area contributed by atoms with Crippen molar-refractivity contribution in [2.45, 2.75) is 88.2 Å². The summed E-state index contributed by atoms with van der Waals surface area (Å²) in [5, 5.41) is 9.38. The van der Waals surface area contributed by atoms with Crippen molar-refractivity contribution < 1.29 is 18.3 Å². The monoisotopic (exact) mass is 506 g/mol. The van der Waals surface area contributed by atoms with Crippen LogP contribution < -0.4 is 0 Å². The van der Waals surface area contributed by atoms with E-state index < -0.39 is 33.7 Å². The molecule has 4 nitrogen and oxygen atoms in total. The first-order chi connectivity index (χ1) is 15.5. The molecule has 1 aromatic heterocycles. The Balaban J connectivity index is 2.19. The van der Waals surface area contributed by atoms with Crippen molar-refractivity contribution in [3.8, 4) is 10.4 Å². The second kappa shape index (κ2) is 9.66. The minimum Gasteiger partial charge on any atom is -0.481 e. The molecule has 0 radical (unpaired) electrons. The van der Waals surface area contributed by atoms with E-state index >= 15 is 0 Å². The molecule has 1 fully saturated rings. The summed E-state index contributed by atoms with van der Waals surface area (Å²) in [6.07, 6.45) is 5.42. The van der Waals surface area contributed by atoms with Crippen LogP contribution in [0.2, 0.25) is 24.7 Å². The molecule has 1 aliphatic rings. The zero-order chi connectivity index (χ0) is 24.5. The van der Waals surface area contributed by atoms with Gasteiger partial charge < -0.3 is 5.11 Å². The Morgan fingerprint density at radius 1 is 1.09 bits per heavy atom. The number of thiophene rings is 1. The van der Waals surface area contributed by atoms with E-state index in [9.17, 15) is 18.3 Å². The minimum atomic E-state index is -3.66. The van der Waals surface area contributed by atoms with E-state index in [-0.39, 0.29) is 5.75 Å². The van der Waals surface area contributed by atoms with Gasteiger partial charge in [-0.25, -0.2) is 8.42 Å². The average molecular weight is 507 g/mol. The number of carbonyl (C=O) groups is 1. The van der Waals surface area contributed by atoms with Crippen LogP contribution in [-0.2, 0) is 25.8 Å². The summed E-state index contributed by atoms with van der Waals surface area (Å²) in [5.41, 5.74) is 2.36. The summed E-state index contributed by atoms with van der Waals surface area (Å²) in [6, 6.07) is 12.4. The number of unbranched alkanes of at least 4 members (excludes halogenated alkanes) is 1. The van der Waals surface area contributed by atoms with Crippen LogP contribution >= 0.6 is 11.3 Å². The summed E-state index contributed by atoms with van der Waals surface area (Å²) in [6.45, 7) is 10.1. The van der Waals surface area contributed by atoms with Crippen molar-refractivity contribution in [1.82, 2.24) is 0 Å². The molecule has 1 aliphatic heterocycles. The minimum absolute atomic E-state index is 0.0614. The van der Waals surface area contributed by atoms with Gasteiger partial charge in [0.2, 0.25) is 0 Å². The molecule has 33 heavy (non-hydrogen) atoms. The number of aryl methyl sites for hydroxylation is 1. The van der Waals surface area contributed by atoms with Crippen molar-refractivity contribution >= 4 is 35.2 Å². The van der Waals surface area contributed by atoms with Gasteiger partial charge in [-0.3, -0.25) is 4.79 Å². The lowest BCUT2D eigenvalue weighted by molar-refractivity contribution is -0.142. The highest BCUT2D eigenvalue weighted by atomic mass is 32.2. The van der Waals surface area contributed by atoms with Crippen LogP contribution in [-0.4, -0.2) is 33.3 Å². The first-order valence-electron chi connectivity index (χ1n) is 12.1. The summed E-state index contributed by atoms with van der Waals surface area (Å²) in [5.74, 6) is -0.892. The van der Waals surface area contributed by atoms with Gasteiger partial charge >= 0.3 is 5.97 Å². The van der Waals surface area contributed by atoms with E-state index in [0.717, 1.165) is 36.1 Å². The third kappa shape index (κ3) is 4.25. The van der Waals surface area contributed by atoms with Crippen LogP contribution in [0.4, 0.5) is 0 Å². The standard InChI is InChI=1S/C26H38O4S2Si/c1-6-8-11-20-12-14-21(15-13-20)22-16-17-23(31-22)25(18-9-10-19-32(25,29)30)26(7-2,24(27)28)33(3,4)5/h12-17H,6-11,18-19H2,1-5H3,(H,27,28)/t25-,26?/m1/s1. The number of benzene rings is 1. The highest BCUT2D eigenvalue weighted by Crippen LogP contribution is 2.64. The third-order valence-corrected chi connectivity index (χ3v) is 15.5. The van der Waals surface area contributed by atoms with E-state index in [1.807, 2.05) is 38.7 Å². The summed E-state index contributed by atoms with van der Waals surface area (Å²) < 4.78 is 26.5. The van der Waals surface area contributed by atoms with Crippen molar-refractivity contribution in [1.29, 1.82) is 0 Å². The summed E-state index contributed by atoms with van der Waals surface area (Å²) >= 11 is 1.47. The number of sulfone groups is 1. The predicted octanol–water partition coefficient (Wildman–Crippen LogP) is 7.12. The molecule has 1 unspecified atom stereocenters. The molecule has 0 spiro atoms. The zero-order valence-corrected chi connectivity index (χ0v) is 23.2. The van der Waals surface area contributed by atoms with E-state index in [2.05, 4.69) is 31.2 Å². The molecule has 0 bridgehead atoms. The number of hydrogen-bond acceptors (Lipinski definition) is 4. The molecule has 2 aromatic rings. The molecule has 2 atom stereocenters. The van der Waals surface area contributed by atoms with Crippen LogP contribution in [0.5, 0.6) is 0 Å².